The number of nitrogens with zero attached hydrogens (tertiary/aromatic N) is 1. The third-order valence-electron chi connectivity index (χ3n) is 4.55. The third-order valence-corrected chi connectivity index (χ3v) is 5.73. The molecule has 1 aromatic heterocycles. The van der Waals surface area contributed by atoms with Crippen molar-refractivity contribution in [3.63, 3.8) is 0 Å². The zero-order chi connectivity index (χ0) is 13.9. The molecular weight excluding hydrogens is 275 g/mol. The number of likely N-dealkylation sites (tertiary alicyclic amines) is 1. The molecule has 1 saturated heterocycles. The van der Waals surface area contributed by atoms with E-state index in [1.54, 1.807) is 6.07 Å². The van der Waals surface area contributed by atoms with Crippen molar-refractivity contribution in [2.75, 3.05) is 12.3 Å². The van der Waals surface area contributed by atoms with Gasteiger partial charge in [0.2, 0.25) is 0 Å². The number of hydrogen-bond donors (Lipinski definition) is 1. The van der Waals surface area contributed by atoms with Gasteiger partial charge in [-0.2, -0.15) is 0 Å². The number of nitrogen functional groups attached to an aromatic ring is 1. The van der Waals surface area contributed by atoms with E-state index >= 15 is 0 Å². The normalized spacial score (nSPS) is 24.8. The summed E-state index contributed by atoms with van der Waals surface area (Å²) < 4.78 is 14.2. The summed E-state index contributed by atoms with van der Waals surface area (Å²) in [5, 5.41) is 0.655. The van der Waals surface area contributed by atoms with Crippen LogP contribution in [0.3, 0.4) is 0 Å². The van der Waals surface area contributed by atoms with Crippen LogP contribution in [0.1, 0.15) is 28.9 Å². The molecule has 1 aliphatic heterocycles. The summed E-state index contributed by atoms with van der Waals surface area (Å²) in [6.07, 6.45) is 3.47. The maximum absolute atomic E-state index is 13.3. The first-order valence-corrected chi connectivity index (χ1v) is 7.73. The Kier molecular flexibility index (Phi) is 2.54. The van der Waals surface area contributed by atoms with E-state index in [9.17, 15) is 9.18 Å². The smallest absolute Gasteiger partial charge is 0.266 e. The van der Waals surface area contributed by atoms with Crippen LogP contribution in [0.15, 0.2) is 18.2 Å². The number of hydrogen-bond acceptors (Lipinski definition) is 3. The highest BCUT2D eigenvalue weighted by molar-refractivity contribution is 7.21. The SMILES string of the molecule is Nc1c(C(=O)N2CC3CCC2C3)sc2ccc(F)cc12. The van der Waals surface area contributed by atoms with Gasteiger partial charge in [-0.15, -0.1) is 11.3 Å². The van der Waals surface area contributed by atoms with Crippen LogP contribution in [0, 0.1) is 11.7 Å². The summed E-state index contributed by atoms with van der Waals surface area (Å²) in [6.45, 7) is 0.853. The lowest BCUT2D eigenvalue weighted by Gasteiger charge is -2.26. The Morgan fingerprint density at radius 2 is 2.25 bits per heavy atom. The number of carbonyl (C=O) groups is 1. The molecule has 1 aliphatic carbocycles. The van der Waals surface area contributed by atoms with Gasteiger partial charge in [-0.25, -0.2) is 4.39 Å². The number of piperidine rings is 1. The van der Waals surface area contributed by atoms with E-state index in [1.807, 2.05) is 4.90 Å². The fourth-order valence-electron chi connectivity index (χ4n) is 3.55. The number of nitrogens with two attached hydrogens (primary N) is 1. The van der Waals surface area contributed by atoms with Crippen molar-refractivity contribution < 1.29 is 9.18 Å². The fourth-order valence-corrected chi connectivity index (χ4v) is 4.61. The molecule has 2 heterocycles. The van der Waals surface area contributed by atoms with Gasteiger partial charge in [0.25, 0.3) is 5.91 Å². The lowest BCUT2D eigenvalue weighted by Crippen LogP contribution is -2.37. The van der Waals surface area contributed by atoms with E-state index in [2.05, 4.69) is 0 Å². The van der Waals surface area contributed by atoms with Gasteiger partial charge in [-0.3, -0.25) is 4.79 Å². The average Bonchev–Trinajstić information content (AvgIpc) is 3.13. The molecule has 2 aromatic rings. The first-order chi connectivity index (χ1) is 9.63. The van der Waals surface area contributed by atoms with Gasteiger partial charge in [0, 0.05) is 22.7 Å². The predicted molar refractivity (Wildman–Crippen MR) is 78.4 cm³/mol. The van der Waals surface area contributed by atoms with Crippen molar-refractivity contribution in [3.05, 3.63) is 28.9 Å². The predicted octanol–water partition coefficient (Wildman–Crippen LogP) is 3.25. The molecule has 0 radical (unpaired) electrons. The number of fused-ring (bicyclic) bond motifs is 3. The van der Waals surface area contributed by atoms with Crippen molar-refractivity contribution in [1.29, 1.82) is 0 Å². The van der Waals surface area contributed by atoms with Gasteiger partial charge < -0.3 is 10.6 Å². The van der Waals surface area contributed by atoms with Gasteiger partial charge in [0.15, 0.2) is 0 Å². The molecule has 2 fully saturated rings. The van der Waals surface area contributed by atoms with E-state index in [1.165, 1.54) is 29.9 Å². The van der Waals surface area contributed by atoms with Gasteiger partial charge in [0.05, 0.1) is 5.69 Å². The molecule has 2 aliphatic rings. The number of carbonyl (C=O) groups excluding carboxylic acids is 1. The standard InChI is InChI=1S/C15H15FN2OS/c16-9-2-4-12-11(6-9)13(17)14(20-12)15(19)18-7-8-1-3-10(18)5-8/h2,4,6,8,10H,1,3,5,7,17H2. The maximum atomic E-state index is 13.3. The van der Waals surface area contributed by atoms with E-state index < -0.39 is 0 Å². The molecule has 20 heavy (non-hydrogen) atoms. The van der Waals surface area contributed by atoms with Crippen molar-refractivity contribution in [1.82, 2.24) is 4.90 Å². The number of amides is 1. The van der Waals surface area contributed by atoms with Crippen molar-refractivity contribution in [2.45, 2.75) is 25.3 Å². The van der Waals surface area contributed by atoms with Crippen LogP contribution in [0.25, 0.3) is 10.1 Å². The van der Waals surface area contributed by atoms with Crippen LogP contribution in [0.2, 0.25) is 0 Å². The Morgan fingerprint density at radius 3 is 2.95 bits per heavy atom. The summed E-state index contributed by atoms with van der Waals surface area (Å²) >= 11 is 1.37. The van der Waals surface area contributed by atoms with Crippen LogP contribution < -0.4 is 5.73 Å². The number of halogens is 1. The van der Waals surface area contributed by atoms with Crippen LogP contribution in [0.4, 0.5) is 10.1 Å². The molecule has 2 unspecified atom stereocenters. The highest BCUT2D eigenvalue weighted by Crippen LogP contribution is 2.41. The Morgan fingerprint density at radius 1 is 1.40 bits per heavy atom. The zero-order valence-corrected chi connectivity index (χ0v) is 11.8. The molecular formula is C15H15FN2OS. The summed E-state index contributed by atoms with van der Waals surface area (Å²) in [5.74, 6) is 0.370. The number of thiophene rings is 1. The van der Waals surface area contributed by atoms with Gasteiger partial charge in [-0.05, 0) is 43.4 Å². The molecule has 2 atom stereocenters. The van der Waals surface area contributed by atoms with Crippen LogP contribution in [-0.2, 0) is 0 Å². The zero-order valence-electron chi connectivity index (χ0n) is 10.9. The average molecular weight is 290 g/mol. The minimum Gasteiger partial charge on any atom is -0.397 e. The van der Waals surface area contributed by atoms with E-state index in [0.717, 1.165) is 24.1 Å². The van der Waals surface area contributed by atoms with Crippen molar-refractivity contribution in [3.8, 4) is 0 Å². The Bertz CT molecular complexity index is 711. The van der Waals surface area contributed by atoms with Gasteiger partial charge in [-0.1, -0.05) is 0 Å². The van der Waals surface area contributed by atoms with Crippen LogP contribution >= 0.6 is 11.3 Å². The maximum Gasteiger partial charge on any atom is 0.266 e. The van der Waals surface area contributed by atoms with Crippen LogP contribution in [-0.4, -0.2) is 23.4 Å². The van der Waals surface area contributed by atoms with Gasteiger partial charge in [0.1, 0.15) is 10.7 Å². The first-order valence-electron chi connectivity index (χ1n) is 6.92. The molecule has 1 amide bonds. The second kappa shape index (κ2) is 4.19. The minimum atomic E-state index is -0.318. The molecule has 104 valence electrons. The largest absolute Gasteiger partial charge is 0.397 e. The Labute approximate surface area is 120 Å². The van der Waals surface area contributed by atoms with Crippen LogP contribution in [0.5, 0.6) is 0 Å². The fraction of sp³-hybridized carbons (Fsp3) is 0.400. The minimum absolute atomic E-state index is 0.0244. The highest BCUT2D eigenvalue weighted by atomic mass is 32.1. The quantitative estimate of drug-likeness (QED) is 0.876. The molecule has 0 spiro atoms. The summed E-state index contributed by atoms with van der Waals surface area (Å²) in [5.41, 5.74) is 6.50. The molecule has 1 aromatic carbocycles. The van der Waals surface area contributed by atoms with Crippen molar-refractivity contribution in [2.24, 2.45) is 5.92 Å². The second-order valence-corrected chi connectivity index (χ2v) is 6.83. The highest BCUT2D eigenvalue weighted by Gasteiger charge is 2.41. The monoisotopic (exact) mass is 290 g/mol. The number of benzene rings is 1. The molecule has 1 saturated carbocycles. The molecule has 3 nitrogen and oxygen atoms in total. The third kappa shape index (κ3) is 1.66. The molecule has 5 heteroatoms. The number of rotatable bonds is 1. The molecule has 2 bridgehead atoms. The molecule has 2 N–H and O–H groups in total. The molecule has 4 rings (SSSR count). The van der Waals surface area contributed by atoms with E-state index in [4.69, 9.17) is 5.73 Å². The summed E-state index contributed by atoms with van der Waals surface area (Å²) in [6, 6.07) is 4.89. The number of anilines is 1. The van der Waals surface area contributed by atoms with E-state index in [-0.39, 0.29) is 11.7 Å². The van der Waals surface area contributed by atoms with Gasteiger partial charge >= 0.3 is 0 Å². The first kappa shape index (κ1) is 12.1. The van der Waals surface area contributed by atoms with Crippen molar-refractivity contribution >= 4 is 33.0 Å². The lowest BCUT2D eigenvalue weighted by atomic mass is 10.1. The summed E-state index contributed by atoms with van der Waals surface area (Å²) in [7, 11) is 0. The Hall–Kier alpha value is -1.62. The topological polar surface area (TPSA) is 46.3 Å². The lowest BCUT2D eigenvalue weighted by molar-refractivity contribution is 0.0709. The Balaban J connectivity index is 1.75. The second-order valence-electron chi connectivity index (χ2n) is 5.78. The summed E-state index contributed by atoms with van der Waals surface area (Å²) in [4.78, 5) is 15.2. The van der Waals surface area contributed by atoms with E-state index in [0.29, 0.717) is 27.9 Å².